The Bertz CT molecular complexity index is 1060. The number of carbonyl (C=O) groups excluding carboxylic acids is 1. The van der Waals surface area contributed by atoms with E-state index in [0.29, 0.717) is 6.54 Å². The molecule has 1 atom stereocenters. The number of nitrogens with zero attached hydrogens (tertiary/aromatic N) is 3. The van der Waals surface area contributed by atoms with Crippen LogP contribution in [-0.4, -0.2) is 50.4 Å². The van der Waals surface area contributed by atoms with Gasteiger partial charge in [0, 0.05) is 31.8 Å². The Hall–Kier alpha value is -3.00. The van der Waals surface area contributed by atoms with Crippen LogP contribution in [0.25, 0.3) is 17.1 Å². The molecular formula is C23H26N4O3. The molecule has 0 bridgehead atoms. The number of rotatable bonds is 8. The molecular weight excluding hydrogens is 380 g/mol. The number of para-hydroxylation sites is 2. The Balaban J connectivity index is 1.49. The first-order valence-electron chi connectivity index (χ1n) is 10.2. The summed E-state index contributed by atoms with van der Waals surface area (Å²) in [5.41, 5.74) is 7.19. The van der Waals surface area contributed by atoms with Crippen LogP contribution in [-0.2, 0) is 17.8 Å². The van der Waals surface area contributed by atoms with Gasteiger partial charge < -0.3 is 9.67 Å². The molecule has 3 aromatic rings. The largest absolute Gasteiger partial charge is 0.395 e. The van der Waals surface area contributed by atoms with E-state index < -0.39 is 5.91 Å². The average molecular weight is 406 g/mol. The summed E-state index contributed by atoms with van der Waals surface area (Å²) in [4.78, 5) is 18.0. The zero-order valence-corrected chi connectivity index (χ0v) is 16.7. The summed E-state index contributed by atoms with van der Waals surface area (Å²) in [5, 5.41) is 18.2. The highest BCUT2D eigenvalue weighted by Crippen LogP contribution is 2.36. The van der Waals surface area contributed by atoms with E-state index in [1.54, 1.807) is 11.6 Å². The molecule has 0 fully saturated rings. The number of imidazole rings is 1. The minimum absolute atomic E-state index is 0.119. The van der Waals surface area contributed by atoms with E-state index in [0.717, 1.165) is 42.5 Å². The van der Waals surface area contributed by atoms with Gasteiger partial charge in [0.25, 0.3) is 5.91 Å². The Morgan fingerprint density at radius 3 is 2.97 bits per heavy atom. The monoisotopic (exact) mass is 406 g/mol. The van der Waals surface area contributed by atoms with E-state index in [1.807, 2.05) is 30.6 Å². The van der Waals surface area contributed by atoms with Crippen LogP contribution in [0.4, 0.5) is 0 Å². The lowest BCUT2D eigenvalue weighted by molar-refractivity contribution is -0.124. The first-order valence-corrected chi connectivity index (χ1v) is 10.2. The van der Waals surface area contributed by atoms with Crippen LogP contribution in [0.3, 0.4) is 0 Å². The number of hydrogen-bond acceptors (Lipinski definition) is 5. The molecule has 1 aliphatic carbocycles. The zero-order chi connectivity index (χ0) is 20.9. The third-order valence-electron chi connectivity index (χ3n) is 5.73. The SMILES string of the molecule is O=C(/C=C/c1ccc2c(c1)CCC2N(CCO)CCn1cnc2ccccc21)NO. The molecule has 1 heterocycles. The molecule has 0 aliphatic heterocycles. The summed E-state index contributed by atoms with van der Waals surface area (Å²) >= 11 is 0. The van der Waals surface area contributed by atoms with Crippen LogP contribution >= 0.6 is 0 Å². The second kappa shape index (κ2) is 9.21. The molecule has 3 N–H and O–H groups in total. The maximum absolute atomic E-state index is 11.2. The maximum Gasteiger partial charge on any atom is 0.267 e. The lowest BCUT2D eigenvalue weighted by atomic mass is 10.0. The standard InChI is InChI=1S/C23H26N4O3/c28-14-13-26(11-12-27-16-24-20-3-1-2-4-22(20)27)21-9-7-18-15-17(5-8-19(18)21)6-10-23(29)25-30/h1-6,8,10,15-16,21,28,30H,7,9,11-14H2,(H,25,29)/b10-6+. The van der Waals surface area contributed by atoms with Crippen molar-refractivity contribution in [1.82, 2.24) is 19.9 Å². The normalized spacial score (nSPS) is 15.9. The molecule has 4 rings (SSSR count). The van der Waals surface area contributed by atoms with Crippen molar-refractivity contribution >= 4 is 23.0 Å². The minimum atomic E-state index is -0.547. The lowest BCUT2D eigenvalue weighted by Gasteiger charge is -2.29. The van der Waals surface area contributed by atoms with Crippen molar-refractivity contribution in [3.8, 4) is 0 Å². The van der Waals surface area contributed by atoms with Gasteiger partial charge >= 0.3 is 0 Å². The van der Waals surface area contributed by atoms with E-state index in [-0.39, 0.29) is 12.6 Å². The average Bonchev–Trinajstić information content (AvgIpc) is 3.39. The molecule has 1 aliphatic rings. The number of aliphatic hydroxyl groups excluding tert-OH is 1. The van der Waals surface area contributed by atoms with Crippen LogP contribution < -0.4 is 5.48 Å². The van der Waals surface area contributed by atoms with E-state index in [9.17, 15) is 9.90 Å². The van der Waals surface area contributed by atoms with Crippen molar-refractivity contribution in [3.63, 3.8) is 0 Å². The fourth-order valence-corrected chi connectivity index (χ4v) is 4.28. The molecule has 7 heteroatoms. The van der Waals surface area contributed by atoms with Crippen molar-refractivity contribution in [1.29, 1.82) is 0 Å². The number of benzene rings is 2. The lowest BCUT2D eigenvalue weighted by Crippen LogP contribution is -2.33. The van der Waals surface area contributed by atoms with Gasteiger partial charge in [0.1, 0.15) is 0 Å². The number of aryl methyl sites for hydroxylation is 1. The first kappa shape index (κ1) is 20.3. The van der Waals surface area contributed by atoms with Gasteiger partial charge in [-0.25, -0.2) is 10.5 Å². The van der Waals surface area contributed by atoms with Crippen molar-refractivity contribution in [2.24, 2.45) is 0 Å². The fourth-order valence-electron chi connectivity index (χ4n) is 4.28. The maximum atomic E-state index is 11.2. The number of amides is 1. The van der Waals surface area contributed by atoms with Crippen LogP contribution in [0.5, 0.6) is 0 Å². The molecule has 30 heavy (non-hydrogen) atoms. The fraction of sp³-hybridized carbons (Fsp3) is 0.304. The second-order valence-corrected chi connectivity index (χ2v) is 7.51. The van der Waals surface area contributed by atoms with Crippen LogP contribution in [0.1, 0.15) is 29.2 Å². The highest BCUT2D eigenvalue weighted by molar-refractivity contribution is 5.90. The number of carbonyl (C=O) groups is 1. The number of fused-ring (bicyclic) bond motifs is 2. The smallest absolute Gasteiger partial charge is 0.267 e. The Morgan fingerprint density at radius 2 is 2.13 bits per heavy atom. The molecule has 1 unspecified atom stereocenters. The Morgan fingerprint density at radius 1 is 1.27 bits per heavy atom. The quantitative estimate of drug-likeness (QED) is 0.304. The van der Waals surface area contributed by atoms with Gasteiger partial charge in [-0.05, 0) is 47.7 Å². The summed E-state index contributed by atoms with van der Waals surface area (Å²) in [6, 6.07) is 14.6. The summed E-state index contributed by atoms with van der Waals surface area (Å²) in [6.45, 7) is 2.37. The van der Waals surface area contributed by atoms with Gasteiger partial charge in [0.05, 0.1) is 24.0 Å². The summed E-state index contributed by atoms with van der Waals surface area (Å²) in [7, 11) is 0. The molecule has 0 radical (unpaired) electrons. The predicted octanol–water partition coefficient (Wildman–Crippen LogP) is 2.54. The van der Waals surface area contributed by atoms with E-state index in [4.69, 9.17) is 5.21 Å². The van der Waals surface area contributed by atoms with Crippen molar-refractivity contribution in [2.45, 2.75) is 25.4 Å². The summed E-state index contributed by atoms with van der Waals surface area (Å²) < 4.78 is 2.16. The summed E-state index contributed by atoms with van der Waals surface area (Å²) in [6.07, 6.45) is 6.84. The molecule has 1 amide bonds. The Labute approximate surface area is 175 Å². The third-order valence-corrected chi connectivity index (χ3v) is 5.73. The number of aromatic nitrogens is 2. The second-order valence-electron chi connectivity index (χ2n) is 7.51. The minimum Gasteiger partial charge on any atom is -0.395 e. The van der Waals surface area contributed by atoms with Crippen molar-refractivity contribution < 1.29 is 15.1 Å². The molecule has 1 aromatic heterocycles. The number of aliphatic hydroxyl groups is 1. The summed E-state index contributed by atoms with van der Waals surface area (Å²) in [5.74, 6) is -0.547. The molecule has 0 saturated heterocycles. The van der Waals surface area contributed by atoms with Gasteiger partial charge in [0.15, 0.2) is 0 Å². The predicted molar refractivity (Wildman–Crippen MR) is 115 cm³/mol. The Kier molecular flexibility index (Phi) is 6.23. The van der Waals surface area contributed by atoms with Crippen LogP contribution in [0.2, 0.25) is 0 Å². The van der Waals surface area contributed by atoms with Gasteiger partial charge in [-0.15, -0.1) is 0 Å². The molecule has 0 saturated carbocycles. The van der Waals surface area contributed by atoms with E-state index >= 15 is 0 Å². The van der Waals surface area contributed by atoms with Gasteiger partial charge in [-0.3, -0.25) is 14.9 Å². The topological polar surface area (TPSA) is 90.6 Å². The number of nitrogens with one attached hydrogen (secondary N) is 1. The highest BCUT2D eigenvalue weighted by Gasteiger charge is 2.27. The van der Waals surface area contributed by atoms with E-state index in [1.165, 1.54) is 17.2 Å². The third kappa shape index (κ3) is 4.28. The van der Waals surface area contributed by atoms with Crippen molar-refractivity contribution in [2.75, 3.05) is 19.7 Å². The zero-order valence-electron chi connectivity index (χ0n) is 16.7. The first-order chi connectivity index (χ1) is 14.7. The number of hydroxylamine groups is 1. The molecule has 7 nitrogen and oxygen atoms in total. The number of hydrogen-bond donors (Lipinski definition) is 3. The van der Waals surface area contributed by atoms with Gasteiger partial charge in [0.2, 0.25) is 0 Å². The van der Waals surface area contributed by atoms with E-state index in [2.05, 4.69) is 32.7 Å². The van der Waals surface area contributed by atoms with Crippen LogP contribution in [0.15, 0.2) is 54.9 Å². The molecule has 2 aromatic carbocycles. The van der Waals surface area contributed by atoms with Crippen molar-refractivity contribution in [3.05, 3.63) is 71.6 Å². The molecule has 156 valence electrons. The van der Waals surface area contributed by atoms with Gasteiger partial charge in [-0.2, -0.15) is 0 Å². The molecule has 0 spiro atoms. The van der Waals surface area contributed by atoms with Gasteiger partial charge in [-0.1, -0.05) is 30.3 Å². The highest BCUT2D eigenvalue weighted by atomic mass is 16.5. The van der Waals surface area contributed by atoms with Crippen LogP contribution in [0, 0.1) is 0 Å².